The van der Waals surface area contributed by atoms with E-state index in [0.29, 0.717) is 0 Å². The van der Waals surface area contributed by atoms with Crippen LogP contribution in [0.1, 0.15) is 16.1 Å². The first-order chi connectivity index (χ1) is 8.16. The summed E-state index contributed by atoms with van der Waals surface area (Å²) in [5.74, 6) is -0.456. The molecular formula is C12H10FNOS2. The first kappa shape index (κ1) is 12.3. The standard InChI is InChI=1S/C12H10FNOS2/c1-8-6-16-12(14-8)17-7-11(15)9-4-2-3-5-10(9)13/h2-6H,7H2,1H3. The van der Waals surface area contributed by atoms with Gasteiger partial charge in [0.1, 0.15) is 5.82 Å². The maximum atomic E-state index is 13.3. The third kappa shape index (κ3) is 3.14. The second-order valence-corrected chi connectivity index (χ2v) is 5.53. The molecule has 0 aliphatic carbocycles. The Hall–Kier alpha value is -1.20. The number of carbonyl (C=O) groups excluding carboxylic acids is 1. The Morgan fingerprint density at radius 3 is 2.88 bits per heavy atom. The fourth-order valence-corrected chi connectivity index (χ4v) is 3.02. The molecule has 0 spiro atoms. The van der Waals surface area contributed by atoms with Crippen LogP contribution in [0.3, 0.4) is 0 Å². The highest BCUT2D eigenvalue weighted by molar-refractivity contribution is 8.01. The van der Waals surface area contributed by atoms with Gasteiger partial charge in [0, 0.05) is 11.1 Å². The lowest BCUT2D eigenvalue weighted by Crippen LogP contribution is -2.04. The van der Waals surface area contributed by atoms with Crippen molar-refractivity contribution in [3.63, 3.8) is 0 Å². The lowest BCUT2D eigenvalue weighted by molar-refractivity contribution is 0.101. The number of ketones is 1. The van der Waals surface area contributed by atoms with Crippen molar-refractivity contribution in [2.45, 2.75) is 11.3 Å². The van der Waals surface area contributed by atoms with Crippen LogP contribution in [-0.2, 0) is 0 Å². The van der Waals surface area contributed by atoms with Crippen molar-refractivity contribution in [1.82, 2.24) is 4.98 Å². The Labute approximate surface area is 107 Å². The SMILES string of the molecule is Cc1csc(SCC(=O)c2ccccc2F)n1. The van der Waals surface area contributed by atoms with E-state index in [1.807, 2.05) is 12.3 Å². The number of thioether (sulfide) groups is 1. The van der Waals surface area contributed by atoms with Gasteiger partial charge in [-0.1, -0.05) is 23.9 Å². The van der Waals surface area contributed by atoms with E-state index in [1.165, 1.54) is 35.2 Å². The Morgan fingerprint density at radius 1 is 1.47 bits per heavy atom. The van der Waals surface area contributed by atoms with Gasteiger partial charge in [0.25, 0.3) is 0 Å². The number of rotatable bonds is 4. The van der Waals surface area contributed by atoms with Crippen molar-refractivity contribution in [3.8, 4) is 0 Å². The van der Waals surface area contributed by atoms with Gasteiger partial charge < -0.3 is 0 Å². The number of aryl methyl sites for hydroxylation is 1. The Bertz CT molecular complexity index is 539. The molecule has 0 amide bonds. The molecule has 17 heavy (non-hydrogen) atoms. The van der Waals surface area contributed by atoms with Gasteiger partial charge in [0.2, 0.25) is 0 Å². The van der Waals surface area contributed by atoms with E-state index in [4.69, 9.17) is 0 Å². The second-order valence-electron chi connectivity index (χ2n) is 3.45. The van der Waals surface area contributed by atoms with E-state index >= 15 is 0 Å². The molecule has 0 aliphatic rings. The van der Waals surface area contributed by atoms with Crippen molar-refractivity contribution < 1.29 is 9.18 Å². The number of nitrogens with zero attached hydrogens (tertiary/aromatic N) is 1. The molecule has 0 aliphatic heterocycles. The summed E-state index contributed by atoms with van der Waals surface area (Å²) in [6, 6.07) is 6.04. The van der Waals surface area contributed by atoms with Gasteiger partial charge in [-0.2, -0.15) is 0 Å². The second kappa shape index (κ2) is 5.42. The average molecular weight is 267 g/mol. The summed E-state index contributed by atoms with van der Waals surface area (Å²) >= 11 is 2.84. The van der Waals surface area contributed by atoms with Crippen molar-refractivity contribution in [2.24, 2.45) is 0 Å². The maximum Gasteiger partial charge on any atom is 0.176 e. The molecule has 0 atom stereocenters. The van der Waals surface area contributed by atoms with Crippen molar-refractivity contribution in [3.05, 3.63) is 46.7 Å². The van der Waals surface area contributed by atoms with Crippen LogP contribution in [0.15, 0.2) is 34.0 Å². The Morgan fingerprint density at radius 2 is 2.24 bits per heavy atom. The molecule has 88 valence electrons. The zero-order valence-electron chi connectivity index (χ0n) is 9.14. The number of hydrogen-bond donors (Lipinski definition) is 0. The summed E-state index contributed by atoms with van der Waals surface area (Å²) in [5.41, 5.74) is 1.09. The minimum Gasteiger partial charge on any atom is -0.293 e. The van der Waals surface area contributed by atoms with E-state index in [0.717, 1.165) is 10.0 Å². The third-order valence-corrected chi connectivity index (χ3v) is 4.24. The maximum absolute atomic E-state index is 13.3. The normalized spacial score (nSPS) is 10.5. The van der Waals surface area contributed by atoms with Crippen LogP contribution in [0.2, 0.25) is 0 Å². The van der Waals surface area contributed by atoms with Crippen LogP contribution in [-0.4, -0.2) is 16.5 Å². The zero-order chi connectivity index (χ0) is 12.3. The monoisotopic (exact) mass is 267 g/mol. The average Bonchev–Trinajstić information content (AvgIpc) is 2.73. The highest BCUT2D eigenvalue weighted by Gasteiger charge is 2.12. The van der Waals surface area contributed by atoms with Crippen LogP contribution >= 0.6 is 23.1 Å². The molecule has 0 N–H and O–H groups in total. The number of halogens is 1. The van der Waals surface area contributed by atoms with Gasteiger partial charge in [-0.05, 0) is 19.1 Å². The van der Waals surface area contributed by atoms with Gasteiger partial charge in [-0.15, -0.1) is 11.3 Å². The van der Waals surface area contributed by atoms with Gasteiger partial charge in [-0.3, -0.25) is 4.79 Å². The third-order valence-electron chi connectivity index (χ3n) is 2.10. The molecule has 0 unspecified atom stereocenters. The van der Waals surface area contributed by atoms with Gasteiger partial charge >= 0.3 is 0 Å². The lowest BCUT2D eigenvalue weighted by atomic mass is 10.1. The number of carbonyl (C=O) groups is 1. The fraction of sp³-hybridized carbons (Fsp3) is 0.167. The molecule has 0 fully saturated rings. The number of Topliss-reactive ketones (excluding diaryl/α,β-unsaturated/α-hetero) is 1. The van der Waals surface area contributed by atoms with Crippen molar-refractivity contribution in [2.75, 3.05) is 5.75 Å². The molecule has 2 rings (SSSR count). The van der Waals surface area contributed by atoms with Crippen LogP contribution in [0, 0.1) is 12.7 Å². The highest BCUT2D eigenvalue weighted by Crippen LogP contribution is 2.23. The van der Waals surface area contributed by atoms with Crippen molar-refractivity contribution in [1.29, 1.82) is 0 Å². The molecule has 0 radical (unpaired) electrons. The van der Waals surface area contributed by atoms with E-state index < -0.39 is 5.82 Å². The molecule has 2 nitrogen and oxygen atoms in total. The summed E-state index contributed by atoms with van der Waals surface area (Å²) in [4.78, 5) is 16.0. The van der Waals surface area contributed by atoms with E-state index in [9.17, 15) is 9.18 Å². The smallest absolute Gasteiger partial charge is 0.176 e. The molecular weight excluding hydrogens is 257 g/mol. The van der Waals surface area contributed by atoms with Gasteiger partial charge in [0.15, 0.2) is 10.1 Å². The Balaban J connectivity index is 2.01. The number of benzene rings is 1. The summed E-state index contributed by atoms with van der Waals surface area (Å²) in [6.07, 6.45) is 0. The van der Waals surface area contributed by atoms with E-state index in [2.05, 4.69) is 4.98 Å². The molecule has 0 saturated heterocycles. The predicted molar refractivity (Wildman–Crippen MR) is 68.3 cm³/mol. The minimum atomic E-state index is -0.464. The summed E-state index contributed by atoms with van der Waals surface area (Å²) in [6.45, 7) is 1.90. The molecule has 1 aromatic carbocycles. The summed E-state index contributed by atoms with van der Waals surface area (Å²) in [5, 5.41) is 1.93. The first-order valence-corrected chi connectivity index (χ1v) is 6.86. The molecule has 0 saturated carbocycles. The molecule has 2 aromatic rings. The summed E-state index contributed by atoms with van der Waals surface area (Å²) < 4.78 is 14.2. The molecule has 5 heteroatoms. The molecule has 1 aromatic heterocycles. The van der Waals surface area contributed by atoms with Crippen molar-refractivity contribution >= 4 is 28.9 Å². The quantitative estimate of drug-likeness (QED) is 0.626. The van der Waals surface area contributed by atoms with Crippen LogP contribution in [0.4, 0.5) is 4.39 Å². The predicted octanol–water partition coefficient (Wildman–Crippen LogP) is 3.57. The van der Waals surface area contributed by atoms with Crippen LogP contribution < -0.4 is 0 Å². The number of aromatic nitrogens is 1. The highest BCUT2D eigenvalue weighted by atomic mass is 32.2. The van der Waals surface area contributed by atoms with E-state index in [-0.39, 0.29) is 17.1 Å². The van der Waals surface area contributed by atoms with E-state index in [1.54, 1.807) is 12.1 Å². The zero-order valence-corrected chi connectivity index (χ0v) is 10.8. The number of thiazole rings is 1. The minimum absolute atomic E-state index is 0.147. The van der Waals surface area contributed by atoms with Crippen LogP contribution in [0.5, 0.6) is 0 Å². The first-order valence-electron chi connectivity index (χ1n) is 4.99. The van der Waals surface area contributed by atoms with Crippen LogP contribution in [0.25, 0.3) is 0 Å². The lowest BCUT2D eigenvalue weighted by Gasteiger charge is -2.00. The van der Waals surface area contributed by atoms with Gasteiger partial charge in [0.05, 0.1) is 11.3 Å². The molecule has 1 heterocycles. The largest absolute Gasteiger partial charge is 0.293 e. The summed E-state index contributed by atoms with van der Waals surface area (Å²) in [7, 11) is 0. The fourth-order valence-electron chi connectivity index (χ4n) is 1.29. The topological polar surface area (TPSA) is 30.0 Å². The molecule has 0 bridgehead atoms. The number of hydrogen-bond acceptors (Lipinski definition) is 4. The van der Waals surface area contributed by atoms with Gasteiger partial charge in [-0.25, -0.2) is 9.37 Å². The Kier molecular flexibility index (Phi) is 3.91.